The van der Waals surface area contributed by atoms with E-state index in [1.54, 1.807) is 0 Å². The molecular formula is C18H25N3O. The number of para-hydroxylation sites is 1. The zero-order valence-corrected chi connectivity index (χ0v) is 14.0. The third kappa shape index (κ3) is 5.25. The molecule has 1 unspecified atom stereocenters. The van der Waals surface area contributed by atoms with Crippen molar-refractivity contribution < 1.29 is 4.79 Å². The number of benzene rings is 1. The van der Waals surface area contributed by atoms with Crippen molar-refractivity contribution in [2.45, 2.75) is 52.5 Å². The first-order valence-corrected chi connectivity index (χ1v) is 7.56. The number of carbonyl (C=O) groups is 1. The lowest BCUT2D eigenvalue weighted by Gasteiger charge is -2.20. The van der Waals surface area contributed by atoms with Crippen LogP contribution in [0.1, 0.15) is 52.5 Å². The number of nitrogens with zero attached hydrogens (tertiary/aromatic N) is 1. The smallest absolute Gasteiger partial charge is 0.263 e. The molecule has 1 aromatic rings. The maximum atomic E-state index is 12.0. The Morgan fingerprint density at radius 2 is 2.00 bits per heavy atom. The van der Waals surface area contributed by atoms with Crippen molar-refractivity contribution in [3.8, 4) is 6.07 Å². The van der Waals surface area contributed by atoms with E-state index in [1.807, 2.05) is 45.0 Å². The molecule has 1 aromatic carbocycles. The van der Waals surface area contributed by atoms with Gasteiger partial charge in [0, 0.05) is 17.4 Å². The van der Waals surface area contributed by atoms with Crippen LogP contribution in [0.2, 0.25) is 0 Å². The molecule has 1 atom stereocenters. The average Bonchev–Trinajstić information content (AvgIpc) is 2.45. The van der Waals surface area contributed by atoms with Crippen molar-refractivity contribution in [3.63, 3.8) is 0 Å². The van der Waals surface area contributed by atoms with Gasteiger partial charge in [-0.1, -0.05) is 32.0 Å². The first-order chi connectivity index (χ1) is 10.3. The second-order valence-corrected chi connectivity index (χ2v) is 6.41. The summed E-state index contributed by atoms with van der Waals surface area (Å²) in [4.78, 5) is 12.0. The van der Waals surface area contributed by atoms with Crippen LogP contribution in [-0.2, 0) is 4.79 Å². The summed E-state index contributed by atoms with van der Waals surface area (Å²) in [5.41, 5.74) is 1.79. The Morgan fingerprint density at radius 1 is 1.36 bits per heavy atom. The minimum Gasteiger partial charge on any atom is -0.360 e. The first kappa shape index (κ1) is 17.8. The standard InChI is InChI=1S/C18H25N3O/c1-6-13(2)15-9-7-8-10-16(15)20-12-14(11-19)17(22)21-18(3,4)5/h7-10,12-13,20H,6H2,1-5H3,(H,21,22)/b14-12-. The lowest BCUT2D eigenvalue weighted by molar-refractivity contribution is -0.118. The molecule has 2 N–H and O–H groups in total. The zero-order chi connectivity index (χ0) is 16.8. The summed E-state index contributed by atoms with van der Waals surface area (Å²) in [7, 11) is 0. The molecule has 4 nitrogen and oxygen atoms in total. The molecule has 0 aliphatic carbocycles. The SMILES string of the molecule is CCC(C)c1ccccc1N/C=C(/C#N)C(=O)NC(C)(C)C. The minimum atomic E-state index is -0.373. The molecule has 22 heavy (non-hydrogen) atoms. The fourth-order valence-electron chi connectivity index (χ4n) is 1.98. The average molecular weight is 299 g/mol. The molecular weight excluding hydrogens is 274 g/mol. The van der Waals surface area contributed by atoms with E-state index in [0.29, 0.717) is 5.92 Å². The maximum absolute atomic E-state index is 12.0. The number of rotatable bonds is 5. The molecule has 0 aliphatic heterocycles. The van der Waals surface area contributed by atoms with Crippen LogP contribution < -0.4 is 10.6 Å². The molecule has 0 saturated carbocycles. The predicted molar refractivity (Wildman–Crippen MR) is 90.4 cm³/mol. The Kier molecular flexibility index (Phi) is 6.18. The van der Waals surface area contributed by atoms with Gasteiger partial charge in [0.25, 0.3) is 5.91 Å². The molecule has 0 radical (unpaired) electrons. The number of nitrogens with one attached hydrogen (secondary N) is 2. The van der Waals surface area contributed by atoms with E-state index in [1.165, 1.54) is 11.8 Å². The molecule has 118 valence electrons. The molecule has 0 aromatic heterocycles. The van der Waals surface area contributed by atoms with Gasteiger partial charge >= 0.3 is 0 Å². The number of hydrogen-bond acceptors (Lipinski definition) is 3. The van der Waals surface area contributed by atoms with Crippen molar-refractivity contribution in [2.24, 2.45) is 0 Å². The Bertz CT molecular complexity index is 591. The highest BCUT2D eigenvalue weighted by Gasteiger charge is 2.17. The van der Waals surface area contributed by atoms with Gasteiger partial charge in [-0.05, 0) is 44.7 Å². The largest absolute Gasteiger partial charge is 0.360 e. The lowest BCUT2D eigenvalue weighted by atomic mass is 9.97. The van der Waals surface area contributed by atoms with Crippen LogP contribution in [0.3, 0.4) is 0 Å². The Hall–Kier alpha value is -2.28. The quantitative estimate of drug-likeness (QED) is 0.639. The predicted octanol–water partition coefficient (Wildman–Crippen LogP) is 3.93. The summed E-state index contributed by atoms with van der Waals surface area (Å²) in [6.45, 7) is 9.93. The number of carbonyl (C=O) groups excluding carboxylic acids is 1. The van der Waals surface area contributed by atoms with Gasteiger partial charge in [-0.2, -0.15) is 5.26 Å². The second kappa shape index (κ2) is 7.65. The minimum absolute atomic E-state index is 0.0638. The fraction of sp³-hybridized carbons (Fsp3) is 0.444. The van der Waals surface area contributed by atoms with Crippen LogP contribution >= 0.6 is 0 Å². The van der Waals surface area contributed by atoms with E-state index in [9.17, 15) is 10.1 Å². The second-order valence-electron chi connectivity index (χ2n) is 6.41. The van der Waals surface area contributed by atoms with Crippen LogP contribution in [-0.4, -0.2) is 11.4 Å². The van der Waals surface area contributed by atoms with E-state index in [0.717, 1.165) is 12.1 Å². The van der Waals surface area contributed by atoms with Crippen LogP contribution in [0.5, 0.6) is 0 Å². The van der Waals surface area contributed by atoms with Crippen molar-refractivity contribution in [3.05, 3.63) is 41.6 Å². The number of nitriles is 1. The normalized spacial score (nSPS) is 13.2. The first-order valence-electron chi connectivity index (χ1n) is 7.56. The van der Waals surface area contributed by atoms with E-state index < -0.39 is 0 Å². The maximum Gasteiger partial charge on any atom is 0.263 e. The Balaban J connectivity index is 2.95. The third-order valence-electron chi connectivity index (χ3n) is 3.33. The zero-order valence-electron chi connectivity index (χ0n) is 14.0. The summed E-state index contributed by atoms with van der Waals surface area (Å²) in [6.07, 6.45) is 2.50. The summed E-state index contributed by atoms with van der Waals surface area (Å²) in [5, 5.41) is 15.1. The molecule has 4 heteroatoms. The number of anilines is 1. The van der Waals surface area contributed by atoms with Crippen LogP contribution in [0.4, 0.5) is 5.69 Å². The molecule has 0 saturated heterocycles. The van der Waals surface area contributed by atoms with Crippen LogP contribution in [0.25, 0.3) is 0 Å². The van der Waals surface area contributed by atoms with Gasteiger partial charge in [0.05, 0.1) is 0 Å². The highest BCUT2D eigenvalue weighted by atomic mass is 16.1. The molecule has 1 amide bonds. The highest BCUT2D eigenvalue weighted by molar-refractivity contribution is 5.97. The van der Waals surface area contributed by atoms with Crippen molar-refractivity contribution in [1.82, 2.24) is 5.32 Å². The van der Waals surface area contributed by atoms with Crippen molar-refractivity contribution in [1.29, 1.82) is 5.26 Å². The fourth-order valence-corrected chi connectivity index (χ4v) is 1.98. The third-order valence-corrected chi connectivity index (χ3v) is 3.33. The van der Waals surface area contributed by atoms with Gasteiger partial charge in [-0.15, -0.1) is 0 Å². The van der Waals surface area contributed by atoms with Gasteiger partial charge in [0.2, 0.25) is 0 Å². The summed E-state index contributed by atoms with van der Waals surface area (Å²) in [6, 6.07) is 9.89. The van der Waals surface area contributed by atoms with Gasteiger partial charge < -0.3 is 10.6 Å². The molecule has 0 bridgehead atoms. The summed E-state index contributed by atoms with van der Waals surface area (Å²) < 4.78 is 0. The lowest BCUT2D eigenvalue weighted by Crippen LogP contribution is -2.41. The van der Waals surface area contributed by atoms with Gasteiger partial charge in [-0.3, -0.25) is 4.79 Å². The van der Waals surface area contributed by atoms with E-state index >= 15 is 0 Å². The van der Waals surface area contributed by atoms with Gasteiger partial charge in [-0.25, -0.2) is 0 Å². The number of hydrogen-bond donors (Lipinski definition) is 2. The van der Waals surface area contributed by atoms with Crippen LogP contribution in [0, 0.1) is 11.3 Å². The monoisotopic (exact) mass is 299 g/mol. The van der Waals surface area contributed by atoms with Crippen LogP contribution in [0.15, 0.2) is 36.0 Å². The molecule has 0 spiro atoms. The molecule has 0 fully saturated rings. The Labute approximate surface area is 133 Å². The topological polar surface area (TPSA) is 64.9 Å². The van der Waals surface area contributed by atoms with Gasteiger partial charge in [0.1, 0.15) is 11.6 Å². The molecule has 1 rings (SSSR count). The summed E-state index contributed by atoms with van der Waals surface area (Å²) >= 11 is 0. The Morgan fingerprint density at radius 3 is 2.55 bits per heavy atom. The van der Waals surface area contributed by atoms with Crippen molar-refractivity contribution >= 4 is 11.6 Å². The van der Waals surface area contributed by atoms with Crippen molar-refractivity contribution in [2.75, 3.05) is 5.32 Å². The number of amides is 1. The van der Waals surface area contributed by atoms with Gasteiger partial charge in [0.15, 0.2) is 0 Å². The molecule has 0 aliphatic rings. The molecule has 0 heterocycles. The van der Waals surface area contributed by atoms with E-state index in [-0.39, 0.29) is 17.0 Å². The van der Waals surface area contributed by atoms with E-state index in [4.69, 9.17) is 0 Å². The highest BCUT2D eigenvalue weighted by Crippen LogP contribution is 2.26. The van der Waals surface area contributed by atoms with E-state index in [2.05, 4.69) is 30.5 Å². The summed E-state index contributed by atoms with van der Waals surface area (Å²) in [5.74, 6) is 0.0366.